The van der Waals surface area contributed by atoms with Crippen molar-refractivity contribution in [1.82, 2.24) is 19.9 Å². The number of H-pyrrole nitrogens is 2. The van der Waals surface area contributed by atoms with Crippen molar-refractivity contribution in [3.8, 4) is 5.75 Å². The third-order valence-corrected chi connectivity index (χ3v) is 6.23. The lowest BCUT2D eigenvalue weighted by Gasteiger charge is -2.14. The Morgan fingerprint density at radius 2 is 1.88 bits per heavy atom. The Morgan fingerprint density at radius 1 is 1.09 bits per heavy atom. The third-order valence-electron chi connectivity index (χ3n) is 5.90. The maximum absolute atomic E-state index is 13.1. The first-order valence-electron chi connectivity index (χ1n) is 11.1. The Labute approximate surface area is 196 Å². The average molecular weight is 465 g/mol. The first-order valence-corrected chi connectivity index (χ1v) is 11.6. The van der Waals surface area contributed by atoms with Crippen molar-refractivity contribution < 1.29 is 9.53 Å². The van der Waals surface area contributed by atoms with Crippen molar-refractivity contribution in [2.45, 2.75) is 45.2 Å². The number of hydrogen-bond acceptors (Lipinski definition) is 4. The molecule has 172 valence electrons. The second kappa shape index (κ2) is 10.0. The molecule has 4 aromatic rings. The van der Waals surface area contributed by atoms with Crippen LogP contribution in [-0.2, 0) is 11.3 Å². The summed E-state index contributed by atoms with van der Waals surface area (Å²) in [7, 11) is 1.61. The van der Waals surface area contributed by atoms with Crippen LogP contribution in [0.3, 0.4) is 0 Å². The van der Waals surface area contributed by atoms with Gasteiger partial charge in [0.15, 0.2) is 4.77 Å². The number of amides is 1. The van der Waals surface area contributed by atoms with Gasteiger partial charge in [-0.1, -0.05) is 36.8 Å². The number of carbonyl (C=O) groups is 1. The van der Waals surface area contributed by atoms with Crippen molar-refractivity contribution in [1.29, 1.82) is 0 Å². The van der Waals surface area contributed by atoms with Gasteiger partial charge in [-0.25, -0.2) is 0 Å². The number of hydrogen-bond donors (Lipinski definition) is 3. The van der Waals surface area contributed by atoms with Crippen LogP contribution < -0.4 is 15.6 Å². The van der Waals surface area contributed by atoms with E-state index in [1.807, 2.05) is 55.5 Å². The molecule has 7 nitrogen and oxygen atoms in total. The third kappa shape index (κ3) is 5.01. The zero-order valence-electron chi connectivity index (χ0n) is 18.8. The van der Waals surface area contributed by atoms with Gasteiger partial charge in [-0.3, -0.25) is 14.2 Å². The van der Waals surface area contributed by atoms with Gasteiger partial charge in [0, 0.05) is 23.9 Å². The molecular weight excluding hydrogens is 436 g/mol. The van der Waals surface area contributed by atoms with E-state index in [4.69, 9.17) is 17.0 Å². The Morgan fingerprint density at radius 3 is 2.64 bits per heavy atom. The molecule has 3 N–H and O–H groups in total. The standard InChI is InChI=1S/C25H28N4O3S/c1-16(17-9-5-3-6-10-17)26-21(30)11-7-4-8-14-29-24(31)23-22(28-25(29)33)19-15-18(32-2)12-13-20(19)27-23/h3,5-6,9-10,12-13,15-16,27H,4,7-8,11,14H2,1-2H3,(H,26,30)(H,28,33)/t16-/m1/s1. The number of ether oxygens (including phenoxy) is 1. The first kappa shape index (κ1) is 22.8. The van der Waals surface area contributed by atoms with Crippen LogP contribution in [0.4, 0.5) is 0 Å². The SMILES string of the molecule is COc1ccc2[nH]c3c(=O)n(CCCCCC(=O)N[C@H](C)c4ccccc4)c(=S)[nH]c3c2c1. The Balaban J connectivity index is 1.35. The molecule has 0 unspecified atom stereocenters. The minimum absolute atomic E-state index is 0.0152. The highest BCUT2D eigenvalue weighted by Gasteiger charge is 2.13. The molecule has 2 heterocycles. The summed E-state index contributed by atoms with van der Waals surface area (Å²) in [6, 6.07) is 15.5. The average Bonchev–Trinajstić information content (AvgIpc) is 3.19. The number of methoxy groups -OCH3 is 1. The largest absolute Gasteiger partial charge is 0.497 e. The normalized spacial score (nSPS) is 12.2. The Bertz CT molecular complexity index is 1390. The number of fused-ring (bicyclic) bond motifs is 3. The van der Waals surface area contributed by atoms with E-state index in [2.05, 4.69) is 15.3 Å². The zero-order valence-corrected chi connectivity index (χ0v) is 19.6. The topological polar surface area (TPSA) is 91.9 Å². The number of nitrogens with one attached hydrogen (secondary N) is 3. The fourth-order valence-electron chi connectivity index (χ4n) is 4.06. The summed E-state index contributed by atoms with van der Waals surface area (Å²) >= 11 is 5.47. The van der Waals surface area contributed by atoms with Crippen LogP contribution in [-0.4, -0.2) is 27.6 Å². The molecule has 2 aromatic carbocycles. The minimum Gasteiger partial charge on any atom is -0.497 e. The van der Waals surface area contributed by atoms with Gasteiger partial charge in [-0.15, -0.1) is 0 Å². The number of unbranched alkanes of at least 4 members (excludes halogenated alkanes) is 2. The lowest BCUT2D eigenvalue weighted by Crippen LogP contribution is -2.26. The molecule has 0 radical (unpaired) electrons. The van der Waals surface area contributed by atoms with E-state index in [1.54, 1.807) is 11.7 Å². The maximum Gasteiger partial charge on any atom is 0.278 e. The molecule has 0 saturated heterocycles. The fraction of sp³-hybridized carbons (Fsp3) is 0.320. The summed E-state index contributed by atoms with van der Waals surface area (Å²) in [5.74, 6) is 0.754. The van der Waals surface area contributed by atoms with E-state index < -0.39 is 0 Å². The van der Waals surface area contributed by atoms with E-state index in [0.29, 0.717) is 34.5 Å². The maximum atomic E-state index is 13.1. The van der Waals surface area contributed by atoms with Crippen molar-refractivity contribution in [3.63, 3.8) is 0 Å². The lowest BCUT2D eigenvalue weighted by atomic mass is 10.1. The van der Waals surface area contributed by atoms with Crippen molar-refractivity contribution >= 4 is 40.1 Å². The van der Waals surface area contributed by atoms with E-state index in [-0.39, 0.29) is 17.5 Å². The molecule has 0 aliphatic heterocycles. The summed E-state index contributed by atoms with van der Waals surface area (Å²) in [4.78, 5) is 31.7. The molecule has 33 heavy (non-hydrogen) atoms. The number of carbonyl (C=O) groups excluding carboxylic acids is 1. The second-order valence-electron chi connectivity index (χ2n) is 8.18. The predicted octanol–water partition coefficient (Wildman–Crippen LogP) is 4.99. The van der Waals surface area contributed by atoms with E-state index in [1.165, 1.54) is 0 Å². The number of nitrogens with zero attached hydrogens (tertiary/aromatic N) is 1. The van der Waals surface area contributed by atoms with Crippen LogP contribution in [0.25, 0.3) is 21.9 Å². The highest BCUT2D eigenvalue weighted by atomic mass is 32.1. The summed E-state index contributed by atoms with van der Waals surface area (Å²) in [6.07, 6.45) is 2.81. The first-order chi connectivity index (χ1) is 16.0. The van der Waals surface area contributed by atoms with Gasteiger partial charge in [0.1, 0.15) is 11.3 Å². The highest BCUT2D eigenvalue weighted by molar-refractivity contribution is 7.71. The van der Waals surface area contributed by atoms with Gasteiger partial charge in [0.25, 0.3) is 5.56 Å². The molecule has 4 rings (SSSR count). The lowest BCUT2D eigenvalue weighted by molar-refractivity contribution is -0.121. The summed E-state index contributed by atoms with van der Waals surface area (Å²) in [6.45, 7) is 2.49. The molecule has 0 aliphatic rings. The zero-order chi connectivity index (χ0) is 23.4. The minimum atomic E-state index is -0.140. The molecule has 0 saturated carbocycles. The van der Waals surface area contributed by atoms with Gasteiger partial charge < -0.3 is 20.0 Å². The fourth-order valence-corrected chi connectivity index (χ4v) is 4.34. The molecule has 2 aromatic heterocycles. The van der Waals surface area contributed by atoms with E-state index in [9.17, 15) is 9.59 Å². The van der Waals surface area contributed by atoms with Gasteiger partial charge >= 0.3 is 0 Å². The molecule has 1 amide bonds. The van der Waals surface area contributed by atoms with Gasteiger partial charge in [-0.05, 0) is 55.7 Å². The van der Waals surface area contributed by atoms with Gasteiger partial charge in [0.05, 0.1) is 18.7 Å². The second-order valence-corrected chi connectivity index (χ2v) is 8.57. The van der Waals surface area contributed by atoms with Crippen LogP contribution >= 0.6 is 12.2 Å². The van der Waals surface area contributed by atoms with Crippen LogP contribution in [0.15, 0.2) is 53.3 Å². The molecule has 0 aliphatic carbocycles. The molecule has 8 heteroatoms. The quantitative estimate of drug-likeness (QED) is 0.240. The van der Waals surface area contributed by atoms with E-state index in [0.717, 1.165) is 35.7 Å². The van der Waals surface area contributed by atoms with Crippen LogP contribution in [0.5, 0.6) is 5.75 Å². The highest BCUT2D eigenvalue weighted by Crippen LogP contribution is 2.26. The van der Waals surface area contributed by atoms with Crippen molar-refractivity contribution in [3.05, 3.63) is 69.2 Å². The summed E-state index contributed by atoms with van der Waals surface area (Å²) in [5, 5.41) is 3.91. The van der Waals surface area contributed by atoms with Crippen LogP contribution in [0.2, 0.25) is 0 Å². The monoisotopic (exact) mass is 464 g/mol. The molecule has 0 spiro atoms. The number of aromatic amines is 2. The Hall–Kier alpha value is -3.39. The molecular formula is C25H28N4O3S. The van der Waals surface area contributed by atoms with Gasteiger partial charge in [0.2, 0.25) is 5.91 Å². The number of rotatable bonds is 9. The Kier molecular flexibility index (Phi) is 6.93. The van der Waals surface area contributed by atoms with Crippen LogP contribution in [0.1, 0.15) is 44.2 Å². The predicted molar refractivity (Wildman–Crippen MR) is 133 cm³/mol. The molecule has 0 bridgehead atoms. The van der Waals surface area contributed by atoms with E-state index >= 15 is 0 Å². The number of aromatic nitrogens is 3. The summed E-state index contributed by atoms with van der Waals surface area (Å²) in [5.41, 5.74) is 2.99. The summed E-state index contributed by atoms with van der Waals surface area (Å²) < 4.78 is 7.27. The number of benzene rings is 2. The van der Waals surface area contributed by atoms with Crippen LogP contribution in [0, 0.1) is 4.77 Å². The molecule has 1 atom stereocenters. The van der Waals surface area contributed by atoms with Crippen molar-refractivity contribution in [2.75, 3.05) is 7.11 Å². The van der Waals surface area contributed by atoms with Crippen molar-refractivity contribution in [2.24, 2.45) is 0 Å². The molecule has 0 fully saturated rings. The van der Waals surface area contributed by atoms with Gasteiger partial charge in [-0.2, -0.15) is 0 Å². The smallest absolute Gasteiger partial charge is 0.278 e.